The molecule has 0 fully saturated rings. The summed E-state index contributed by atoms with van der Waals surface area (Å²) in [6, 6.07) is 7.74. The smallest absolute Gasteiger partial charge is 0.258 e. The van der Waals surface area contributed by atoms with Gasteiger partial charge in [0.15, 0.2) is 0 Å². The van der Waals surface area contributed by atoms with E-state index in [1.807, 2.05) is 45.0 Å². The molecule has 1 unspecified atom stereocenters. The average Bonchev–Trinajstić information content (AvgIpc) is 3.24. The fraction of sp³-hybridized carbons (Fsp3) is 0.435. The molecule has 2 heterocycles. The van der Waals surface area contributed by atoms with Crippen molar-refractivity contribution in [2.45, 2.75) is 40.7 Å². The molecule has 2 aromatic heterocycles. The van der Waals surface area contributed by atoms with Crippen molar-refractivity contribution in [2.24, 2.45) is 0 Å². The molecule has 8 heteroatoms. The lowest BCUT2D eigenvalue weighted by molar-refractivity contribution is 0.0532. The van der Waals surface area contributed by atoms with Gasteiger partial charge in [-0.2, -0.15) is 4.98 Å². The molecule has 0 aliphatic carbocycles. The Hall–Kier alpha value is -2.97. The summed E-state index contributed by atoms with van der Waals surface area (Å²) in [6.45, 7) is 11.4. The third-order valence-electron chi connectivity index (χ3n) is 5.05. The molecule has 3 aromatic rings. The summed E-state index contributed by atoms with van der Waals surface area (Å²) in [4.78, 5) is 11.4. The number of aryl methyl sites for hydroxylation is 3. The predicted molar refractivity (Wildman–Crippen MR) is 119 cm³/mol. The first-order chi connectivity index (χ1) is 14.9. The molecule has 0 saturated heterocycles. The van der Waals surface area contributed by atoms with Gasteiger partial charge in [-0.25, -0.2) is 4.98 Å². The zero-order valence-corrected chi connectivity index (χ0v) is 18.7. The normalized spacial score (nSPS) is 12.1. The molecule has 166 valence electrons. The van der Waals surface area contributed by atoms with Gasteiger partial charge in [-0.15, -0.1) is 0 Å². The first-order valence-electron chi connectivity index (χ1n) is 10.5. The SMILES string of the molecule is CCN(CC)c1cc(-c2nc(-c3cc(C)c(OCC(O)CO)c(C)c3)no2)cc(C)n1. The van der Waals surface area contributed by atoms with Crippen LogP contribution in [0.15, 0.2) is 28.8 Å². The summed E-state index contributed by atoms with van der Waals surface area (Å²) < 4.78 is 11.2. The summed E-state index contributed by atoms with van der Waals surface area (Å²) >= 11 is 0. The van der Waals surface area contributed by atoms with E-state index in [0.29, 0.717) is 17.5 Å². The molecule has 31 heavy (non-hydrogen) atoms. The maximum absolute atomic E-state index is 9.53. The topological polar surface area (TPSA) is 105 Å². The second-order valence-corrected chi connectivity index (χ2v) is 7.54. The van der Waals surface area contributed by atoms with Gasteiger partial charge in [-0.3, -0.25) is 0 Å². The van der Waals surface area contributed by atoms with E-state index in [2.05, 4.69) is 33.9 Å². The number of hydrogen-bond donors (Lipinski definition) is 2. The van der Waals surface area contributed by atoms with Crippen molar-refractivity contribution in [1.29, 1.82) is 0 Å². The molecule has 8 nitrogen and oxygen atoms in total. The number of aromatic nitrogens is 3. The van der Waals surface area contributed by atoms with Crippen molar-refractivity contribution in [3.05, 3.63) is 41.1 Å². The van der Waals surface area contributed by atoms with Crippen molar-refractivity contribution in [2.75, 3.05) is 31.2 Å². The van der Waals surface area contributed by atoms with Crippen molar-refractivity contribution < 1.29 is 19.5 Å². The van der Waals surface area contributed by atoms with Gasteiger partial charge in [0.1, 0.15) is 24.3 Å². The van der Waals surface area contributed by atoms with Crippen LogP contribution in [-0.2, 0) is 0 Å². The number of ether oxygens (including phenoxy) is 1. The Kier molecular flexibility index (Phi) is 7.25. The van der Waals surface area contributed by atoms with Crippen molar-refractivity contribution in [1.82, 2.24) is 15.1 Å². The van der Waals surface area contributed by atoms with Crippen molar-refractivity contribution in [3.8, 4) is 28.6 Å². The minimum Gasteiger partial charge on any atom is -0.490 e. The Morgan fingerprint density at radius 3 is 2.29 bits per heavy atom. The van der Waals surface area contributed by atoms with E-state index < -0.39 is 6.10 Å². The van der Waals surface area contributed by atoms with Crippen LogP contribution in [0.2, 0.25) is 0 Å². The quantitative estimate of drug-likeness (QED) is 0.537. The van der Waals surface area contributed by atoms with E-state index in [0.717, 1.165) is 46.9 Å². The lowest BCUT2D eigenvalue weighted by Crippen LogP contribution is -2.23. The highest BCUT2D eigenvalue weighted by atomic mass is 16.5. The molecular formula is C23H30N4O4. The highest BCUT2D eigenvalue weighted by Gasteiger charge is 2.16. The molecule has 1 atom stereocenters. The number of benzene rings is 1. The van der Waals surface area contributed by atoms with Crippen LogP contribution < -0.4 is 9.64 Å². The monoisotopic (exact) mass is 426 g/mol. The van der Waals surface area contributed by atoms with Gasteiger partial charge < -0.3 is 24.4 Å². The summed E-state index contributed by atoms with van der Waals surface area (Å²) in [5.41, 5.74) is 4.30. The number of aliphatic hydroxyl groups excluding tert-OH is 2. The molecule has 0 spiro atoms. The summed E-state index contributed by atoms with van der Waals surface area (Å²) in [7, 11) is 0. The van der Waals surface area contributed by atoms with Gasteiger partial charge in [-0.1, -0.05) is 5.16 Å². The van der Waals surface area contributed by atoms with Gasteiger partial charge in [0.25, 0.3) is 5.89 Å². The molecule has 3 rings (SSSR count). The number of pyridine rings is 1. The highest BCUT2D eigenvalue weighted by Crippen LogP contribution is 2.31. The Morgan fingerprint density at radius 1 is 1.00 bits per heavy atom. The number of hydrogen-bond acceptors (Lipinski definition) is 8. The van der Waals surface area contributed by atoms with Crippen LogP contribution in [0.3, 0.4) is 0 Å². The zero-order valence-electron chi connectivity index (χ0n) is 18.7. The van der Waals surface area contributed by atoms with Gasteiger partial charge in [-0.05, 0) is 70.0 Å². The molecule has 0 radical (unpaired) electrons. The highest BCUT2D eigenvalue weighted by molar-refractivity contribution is 5.65. The van der Waals surface area contributed by atoms with Crippen molar-refractivity contribution >= 4 is 5.82 Å². The van der Waals surface area contributed by atoms with Gasteiger partial charge in [0.2, 0.25) is 5.82 Å². The third-order valence-corrected chi connectivity index (χ3v) is 5.05. The predicted octanol–water partition coefficient (Wildman–Crippen LogP) is 3.30. The molecule has 0 aliphatic heterocycles. The van der Waals surface area contributed by atoms with E-state index in [-0.39, 0.29) is 13.2 Å². The molecule has 0 amide bonds. The second-order valence-electron chi connectivity index (χ2n) is 7.54. The summed E-state index contributed by atoms with van der Waals surface area (Å²) in [5, 5.41) is 22.7. The minimum absolute atomic E-state index is 0.0279. The fourth-order valence-corrected chi connectivity index (χ4v) is 3.48. The second kappa shape index (κ2) is 9.89. The van der Waals surface area contributed by atoms with E-state index in [9.17, 15) is 5.11 Å². The number of anilines is 1. The lowest BCUT2D eigenvalue weighted by Gasteiger charge is -2.20. The van der Waals surface area contributed by atoms with Gasteiger partial charge in [0, 0.05) is 29.9 Å². The van der Waals surface area contributed by atoms with Crippen molar-refractivity contribution in [3.63, 3.8) is 0 Å². The average molecular weight is 427 g/mol. The standard InChI is InChI=1S/C23H30N4O4/c1-6-27(7-2)20-11-18(10-16(5)24-20)23-25-22(26-31-23)17-8-14(3)21(15(4)9-17)30-13-19(29)12-28/h8-11,19,28-29H,6-7,12-13H2,1-5H3. The number of rotatable bonds is 9. The molecular weight excluding hydrogens is 396 g/mol. The van der Waals surface area contributed by atoms with Crippen LogP contribution in [0.25, 0.3) is 22.8 Å². The van der Waals surface area contributed by atoms with Gasteiger partial charge in [0.05, 0.1) is 6.61 Å². The molecule has 0 aliphatic rings. The molecule has 2 N–H and O–H groups in total. The molecule has 1 aromatic carbocycles. The first kappa shape index (κ1) is 22.7. The first-order valence-corrected chi connectivity index (χ1v) is 10.5. The Balaban J connectivity index is 1.89. The summed E-state index contributed by atoms with van der Waals surface area (Å²) in [6.07, 6.45) is -0.914. The summed E-state index contributed by atoms with van der Waals surface area (Å²) in [5.74, 6) is 2.49. The molecule has 0 bridgehead atoms. The van der Waals surface area contributed by atoms with Crippen LogP contribution in [0, 0.1) is 20.8 Å². The number of nitrogens with zero attached hydrogens (tertiary/aromatic N) is 4. The number of aliphatic hydroxyl groups is 2. The fourth-order valence-electron chi connectivity index (χ4n) is 3.48. The van der Waals surface area contributed by atoms with Crippen LogP contribution >= 0.6 is 0 Å². The Labute approximate surface area is 182 Å². The van der Waals surface area contributed by atoms with Crippen LogP contribution in [0.5, 0.6) is 5.75 Å². The van der Waals surface area contributed by atoms with Crippen LogP contribution in [0.4, 0.5) is 5.82 Å². The largest absolute Gasteiger partial charge is 0.490 e. The third kappa shape index (κ3) is 5.21. The maximum Gasteiger partial charge on any atom is 0.258 e. The molecule has 0 saturated carbocycles. The van der Waals surface area contributed by atoms with E-state index in [1.165, 1.54) is 0 Å². The Morgan fingerprint density at radius 2 is 1.68 bits per heavy atom. The minimum atomic E-state index is -0.914. The zero-order chi connectivity index (χ0) is 22.5. The van der Waals surface area contributed by atoms with E-state index in [4.69, 9.17) is 14.4 Å². The lowest BCUT2D eigenvalue weighted by atomic mass is 10.1. The van der Waals surface area contributed by atoms with Crippen LogP contribution in [-0.4, -0.2) is 57.7 Å². The van der Waals surface area contributed by atoms with E-state index >= 15 is 0 Å². The Bertz CT molecular complexity index is 1010. The van der Waals surface area contributed by atoms with Gasteiger partial charge >= 0.3 is 0 Å². The maximum atomic E-state index is 9.53. The van der Waals surface area contributed by atoms with E-state index in [1.54, 1.807) is 0 Å². The van der Waals surface area contributed by atoms with Crippen LogP contribution in [0.1, 0.15) is 30.7 Å².